The summed E-state index contributed by atoms with van der Waals surface area (Å²) in [4.78, 5) is -0.338. The number of phenolic OH excluding ortho intramolecular Hbond substituents is 1. The second-order valence-electron chi connectivity index (χ2n) is 13.7. The molecule has 0 aliphatic heterocycles. The summed E-state index contributed by atoms with van der Waals surface area (Å²) in [6.45, 7) is 3.30. The Morgan fingerprint density at radius 3 is 1.77 bits per heavy atom. The lowest BCUT2D eigenvalue weighted by Gasteiger charge is -2.10. The number of rotatable bonds is 14. The van der Waals surface area contributed by atoms with Gasteiger partial charge in [0.05, 0.1) is 49.3 Å². The fraction of sp³-hybridized carbons (Fsp3) is 0.111. The second-order valence-corrected chi connectivity index (χ2v) is 15.1. The van der Waals surface area contributed by atoms with E-state index in [-0.39, 0.29) is 28.6 Å². The summed E-state index contributed by atoms with van der Waals surface area (Å²) in [6.07, 6.45) is 0. The van der Waals surface area contributed by atoms with Gasteiger partial charge in [0.25, 0.3) is 10.1 Å². The number of aliphatic hydroxyl groups is 1. The van der Waals surface area contributed by atoms with Crippen LogP contribution >= 0.6 is 0 Å². The topological polar surface area (TPSA) is 224 Å². The molecule has 7 aromatic rings. The van der Waals surface area contributed by atoms with E-state index in [0.717, 1.165) is 33.6 Å². The van der Waals surface area contributed by atoms with Gasteiger partial charge < -0.3 is 25.0 Å². The average Bonchev–Trinajstić information content (AvgIpc) is 3.27. The summed E-state index contributed by atoms with van der Waals surface area (Å²) in [5.74, 6) is 1.06. The van der Waals surface area contributed by atoms with Gasteiger partial charge in [-0.3, -0.25) is 4.55 Å². The molecular formula is C45H39N9O7S. The number of hydrogen-bond donors (Lipinski definition) is 4. The molecule has 0 aliphatic rings. The summed E-state index contributed by atoms with van der Waals surface area (Å²) in [7, 11) is -1.36. The zero-order chi connectivity index (χ0) is 43.8. The first-order chi connectivity index (χ1) is 29.9. The molecular weight excluding hydrogens is 811 g/mol. The first kappa shape index (κ1) is 42.4. The fourth-order valence-corrected chi connectivity index (χ4v) is 6.81. The summed E-state index contributed by atoms with van der Waals surface area (Å²) in [5, 5.41) is 60.5. The van der Waals surface area contributed by atoms with Crippen molar-refractivity contribution in [1.82, 2.24) is 0 Å². The van der Waals surface area contributed by atoms with E-state index in [1.54, 1.807) is 80.8 Å². The van der Waals surface area contributed by atoms with E-state index >= 15 is 0 Å². The lowest BCUT2D eigenvalue weighted by molar-refractivity contribution is 0.282. The van der Waals surface area contributed by atoms with Gasteiger partial charge in [-0.2, -0.15) is 34.0 Å². The van der Waals surface area contributed by atoms with Crippen LogP contribution in [-0.2, 0) is 16.7 Å². The third-order valence-electron chi connectivity index (χ3n) is 9.48. The minimum absolute atomic E-state index is 0.0113. The lowest BCUT2D eigenvalue weighted by atomic mass is 10.1. The molecule has 0 bridgehead atoms. The first-order valence-electron chi connectivity index (χ1n) is 18.9. The quantitative estimate of drug-likeness (QED) is 0.0607. The number of fused-ring (bicyclic) bond motifs is 1. The Morgan fingerprint density at radius 2 is 1.15 bits per heavy atom. The number of aromatic hydroxyl groups is 1. The zero-order valence-corrected chi connectivity index (χ0v) is 34.6. The molecule has 0 unspecified atom stereocenters. The molecule has 0 radical (unpaired) electrons. The Hall–Kier alpha value is -7.73. The normalized spacial score (nSPS) is 12.0. The van der Waals surface area contributed by atoms with Gasteiger partial charge in [-0.05, 0) is 133 Å². The van der Waals surface area contributed by atoms with Gasteiger partial charge in [0.1, 0.15) is 33.5 Å². The maximum Gasteiger partial charge on any atom is 0.296 e. The Bertz CT molecular complexity index is 3030. The molecule has 0 heterocycles. The predicted molar refractivity (Wildman–Crippen MR) is 236 cm³/mol. The molecule has 0 atom stereocenters. The van der Waals surface area contributed by atoms with Crippen LogP contribution in [0.15, 0.2) is 173 Å². The number of aliphatic hydroxyl groups excluding tert-OH is 1. The van der Waals surface area contributed by atoms with Gasteiger partial charge in [0.15, 0.2) is 5.75 Å². The van der Waals surface area contributed by atoms with E-state index in [1.165, 1.54) is 25.3 Å². The summed E-state index contributed by atoms with van der Waals surface area (Å²) < 4.78 is 43.6. The van der Waals surface area contributed by atoms with Crippen molar-refractivity contribution in [3.05, 3.63) is 144 Å². The van der Waals surface area contributed by atoms with Crippen LogP contribution in [0.1, 0.15) is 16.7 Å². The van der Waals surface area contributed by atoms with Gasteiger partial charge in [-0.1, -0.05) is 18.2 Å². The second kappa shape index (κ2) is 18.7. The monoisotopic (exact) mass is 849 g/mol. The standard InChI is InChI=1S/C45H39N9O7S/c1-27-21-34(13-19-37(27)49-47-33-14-20-38(28(2)22-33)50-51-39-7-5-6-8-44(39)62(57,58)59)48-53-41-25-43(61-4)42(24-30(41)26-55)54-52-40-18-9-29-23-32(12-17-36(29)45(40)56)46-31-10-15-35(60-3)16-11-31/h5-25,46,55-56H,26H2,1-4H3,(H,57,58,59). The van der Waals surface area contributed by atoms with Crippen LogP contribution < -0.4 is 14.8 Å². The highest BCUT2D eigenvalue weighted by Crippen LogP contribution is 2.41. The highest BCUT2D eigenvalue weighted by Gasteiger charge is 2.15. The van der Waals surface area contributed by atoms with Gasteiger partial charge in [0.2, 0.25) is 0 Å². The molecule has 0 saturated heterocycles. The molecule has 0 fully saturated rings. The number of aryl methyl sites for hydroxylation is 2. The first-order valence-corrected chi connectivity index (χ1v) is 20.3. The van der Waals surface area contributed by atoms with Crippen molar-refractivity contribution in [3.8, 4) is 17.2 Å². The molecule has 62 heavy (non-hydrogen) atoms. The van der Waals surface area contributed by atoms with Crippen LogP contribution in [0.25, 0.3) is 10.8 Å². The van der Waals surface area contributed by atoms with E-state index in [2.05, 4.69) is 46.2 Å². The molecule has 16 nitrogen and oxygen atoms in total. The molecule has 17 heteroatoms. The SMILES string of the molecule is COc1ccc(Nc2ccc3c(O)c(N=Nc4cc(CO)c(N=Nc5ccc(N=Nc6ccc(N=Nc7ccccc7S(=O)(=O)O)c(C)c6)c(C)c5)cc4OC)ccc3c2)cc1. The number of anilines is 2. The molecule has 0 spiro atoms. The average molecular weight is 850 g/mol. The highest BCUT2D eigenvalue weighted by molar-refractivity contribution is 7.86. The van der Waals surface area contributed by atoms with Gasteiger partial charge in [0, 0.05) is 28.4 Å². The van der Waals surface area contributed by atoms with Crippen molar-refractivity contribution in [3.63, 3.8) is 0 Å². The number of nitrogens with zero attached hydrogens (tertiary/aromatic N) is 8. The Morgan fingerprint density at radius 1 is 0.565 bits per heavy atom. The number of methoxy groups -OCH3 is 2. The van der Waals surface area contributed by atoms with Crippen molar-refractivity contribution < 1.29 is 32.7 Å². The Balaban J connectivity index is 1.03. The number of hydrogen-bond acceptors (Lipinski definition) is 15. The third kappa shape index (κ3) is 9.99. The van der Waals surface area contributed by atoms with E-state index in [4.69, 9.17) is 9.47 Å². The summed E-state index contributed by atoms with van der Waals surface area (Å²) in [5.41, 5.74) is 6.76. The molecule has 4 N–H and O–H groups in total. The van der Waals surface area contributed by atoms with Crippen molar-refractivity contribution >= 4 is 77.8 Å². The van der Waals surface area contributed by atoms with Crippen LogP contribution in [0.4, 0.5) is 56.9 Å². The molecule has 0 saturated carbocycles. The molecule has 0 aromatic heterocycles. The van der Waals surface area contributed by atoms with Gasteiger partial charge in [-0.15, -0.1) is 15.3 Å². The molecule has 7 aromatic carbocycles. The minimum Gasteiger partial charge on any atom is -0.505 e. The predicted octanol–water partition coefficient (Wildman–Crippen LogP) is 13.3. The number of benzene rings is 7. The summed E-state index contributed by atoms with van der Waals surface area (Å²) in [6, 6.07) is 36.1. The van der Waals surface area contributed by atoms with Crippen LogP contribution in [0, 0.1) is 13.8 Å². The number of azo groups is 4. The summed E-state index contributed by atoms with van der Waals surface area (Å²) >= 11 is 0. The van der Waals surface area contributed by atoms with Crippen LogP contribution in [0.3, 0.4) is 0 Å². The molecule has 0 aliphatic carbocycles. The molecule has 0 amide bonds. The largest absolute Gasteiger partial charge is 0.505 e. The van der Waals surface area contributed by atoms with Crippen molar-refractivity contribution in [2.75, 3.05) is 19.5 Å². The maximum absolute atomic E-state index is 11.7. The Labute approximate surface area is 356 Å². The van der Waals surface area contributed by atoms with Crippen molar-refractivity contribution in [2.24, 2.45) is 40.9 Å². The van der Waals surface area contributed by atoms with E-state index in [9.17, 15) is 23.2 Å². The van der Waals surface area contributed by atoms with Crippen LogP contribution in [0.2, 0.25) is 0 Å². The van der Waals surface area contributed by atoms with Crippen molar-refractivity contribution in [2.45, 2.75) is 25.3 Å². The number of nitrogens with one attached hydrogen (secondary N) is 1. The number of phenols is 1. The smallest absolute Gasteiger partial charge is 0.296 e. The van der Waals surface area contributed by atoms with Crippen LogP contribution in [-0.4, -0.2) is 37.4 Å². The lowest BCUT2D eigenvalue weighted by Crippen LogP contribution is -1.97. The van der Waals surface area contributed by atoms with Crippen molar-refractivity contribution in [1.29, 1.82) is 0 Å². The third-order valence-corrected chi connectivity index (χ3v) is 10.4. The maximum atomic E-state index is 11.7. The minimum atomic E-state index is -4.46. The molecule has 312 valence electrons. The van der Waals surface area contributed by atoms with E-state index < -0.39 is 10.1 Å². The van der Waals surface area contributed by atoms with Gasteiger partial charge in [-0.25, -0.2) is 0 Å². The van der Waals surface area contributed by atoms with E-state index in [1.807, 2.05) is 49.4 Å². The molecule has 7 rings (SSSR count). The van der Waals surface area contributed by atoms with Crippen LogP contribution in [0.5, 0.6) is 17.2 Å². The van der Waals surface area contributed by atoms with E-state index in [0.29, 0.717) is 50.8 Å². The Kier molecular flexibility index (Phi) is 12.8. The zero-order valence-electron chi connectivity index (χ0n) is 33.8. The fourth-order valence-electron chi connectivity index (χ4n) is 6.19. The van der Waals surface area contributed by atoms with Gasteiger partial charge >= 0.3 is 0 Å². The highest BCUT2D eigenvalue weighted by atomic mass is 32.2. The number of ether oxygens (including phenoxy) is 2.